The van der Waals surface area contributed by atoms with Gasteiger partial charge in [0.2, 0.25) is 5.28 Å². The Morgan fingerprint density at radius 2 is 1.79 bits per heavy atom. The molecule has 0 N–H and O–H groups in total. The molecule has 3 rings (SSSR count). The molecule has 0 saturated heterocycles. The second-order valence-electron chi connectivity index (χ2n) is 4.19. The monoisotopic (exact) mass is 310 g/mol. The van der Waals surface area contributed by atoms with Crippen molar-refractivity contribution in [1.29, 1.82) is 0 Å². The molecular weight excluding hydrogens is 303 g/mol. The van der Waals surface area contributed by atoms with Gasteiger partial charge in [0.1, 0.15) is 0 Å². The summed E-state index contributed by atoms with van der Waals surface area (Å²) >= 11 is 18.3. The normalized spacial score (nSPS) is 11.1. The van der Waals surface area contributed by atoms with Crippen molar-refractivity contribution in [2.24, 2.45) is 0 Å². The number of aromatic nitrogens is 2. The lowest BCUT2D eigenvalue weighted by molar-refractivity contribution is 0.826. The Kier molecular flexibility index (Phi) is 3.40. The molecule has 5 heteroatoms. The van der Waals surface area contributed by atoms with E-state index >= 15 is 0 Å². The van der Waals surface area contributed by atoms with Gasteiger partial charge in [0.15, 0.2) is 0 Å². The highest BCUT2D eigenvalue weighted by Crippen LogP contribution is 2.25. The van der Waals surface area contributed by atoms with Crippen LogP contribution in [0.5, 0.6) is 0 Å². The fraction of sp³-hybridized carbons (Fsp3) is 0.0714. The van der Waals surface area contributed by atoms with E-state index < -0.39 is 0 Å². The standard InChI is InChI=1S/C14H9Cl3N2/c15-10-6-5-9(11(16)7-10)8-19-13-4-2-1-3-12(13)18-14(19)17/h1-7H,8H2. The van der Waals surface area contributed by atoms with Crippen LogP contribution < -0.4 is 0 Å². The molecule has 19 heavy (non-hydrogen) atoms. The van der Waals surface area contributed by atoms with Crippen molar-refractivity contribution in [1.82, 2.24) is 9.55 Å². The van der Waals surface area contributed by atoms with Crippen LogP contribution in [0, 0.1) is 0 Å². The number of rotatable bonds is 2. The topological polar surface area (TPSA) is 17.8 Å². The maximum absolute atomic E-state index is 6.19. The first-order valence-corrected chi connectivity index (χ1v) is 6.83. The molecule has 0 atom stereocenters. The van der Waals surface area contributed by atoms with Gasteiger partial charge in [0, 0.05) is 10.0 Å². The second-order valence-corrected chi connectivity index (χ2v) is 5.37. The van der Waals surface area contributed by atoms with Gasteiger partial charge in [-0.15, -0.1) is 0 Å². The van der Waals surface area contributed by atoms with E-state index in [1.807, 2.05) is 41.0 Å². The van der Waals surface area contributed by atoms with Gasteiger partial charge in [-0.05, 0) is 41.4 Å². The lowest BCUT2D eigenvalue weighted by Crippen LogP contribution is -2.00. The van der Waals surface area contributed by atoms with Crippen LogP contribution in [0.25, 0.3) is 11.0 Å². The average molecular weight is 312 g/mol. The van der Waals surface area contributed by atoms with Crippen LogP contribution in [-0.2, 0) is 6.54 Å². The lowest BCUT2D eigenvalue weighted by Gasteiger charge is -2.08. The molecule has 2 nitrogen and oxygen atoms in total. The first kappa shape index (κ1) is 12.8. The number of hydrogen-bond acceptors (Lipinski definition) is 1. The Balaban J connectivity index is 2.08. The number of imidazole rings is 1. The third-order valence-electron chi connectivity index (χ3n) is 2.95. The van der Waals surface area contributed by atoms with E-state index in [-0.39, 0.29) is 0 Å². The van der Waals surface area contributed by atoms with Crippen molar-refractivity contribution in [3.05, 3.63) is 63.4 Å². The van der Waals surface area contributed by atoms with Crippen LogP contribution in [0.15, 0.2) is 42.5 Å². The van der Waals surface area contributed by atoms with Crippen LogP contribution >= 0.6 is 34.8 Å². The number of nitrogens with zero attached hydrogens (tertiary/aromatic N) is 2. The highest BCUT2D eigenvalue weighted by Gasteiger charge is 2.10. The van der Waals surface area contributed by atoms with E-state index in [1.54, 1.807) is 6.07 Å². The summed E-state index contributed by atoms with van der Waals surface area (Å²) in [5.41, 5.74) is 2.81. The molecule has 0 aliphatic carbocycles. The van der Waals surface area contributed by atoms with E-state index in [4.69, 9.17) is 34.8 Å². The van der Waals surface area contributed by atoms with Gasteiger partial charge in [-0.1, -0.05) is 41.4 Å². The van der Waals surface area contributed by atoms with Crippen LogP contribution in [0.1, 0.15) is 5.56 Å². The third-order valence-corrected chi connectivity index (χ3v) is 3.83. The molecule has 0 aliphatic heterocycles. The molecule has 3 aromatic rings. The molecule has 1 heterocycles. The minimum absolute atomic E-state index is 0.451. The molecule has 96 valence electrons. The Labute approximate surface area is 125 Å². The van der Waals surface area contributed by atoms with Crippen molar-refractivity contribution in [3.63, 3.8) is 0 Å². The van der Waals surface area contributed by atoms with Gasteiger partial charge >= 0.3 is 0 Å². The fourth-order valence-corrected chi connectivity index (χ4v) is 2.73. The second kappa shape index (κ2) is 5.04. The molecule has 1 aromatic heterocycles. The van der Waals surface area contributed by atoms with Crippen molar-refractivity contribution in [3.8, 4) is 0 Å². The Morgan fingerprint density at radius 1 is 1.00 bits per heavy atom. The third kappa shape index (κ3) is 2.44. The van der Waals surface area contributed by atoms with E-state index in [0.717, 1.165) is 16.6 Å². The Bertz CT molecular complexity index is 750. The molecule has 0 radical (unpaired) electrons. The predicted octanol–water partition coefficient (Wildman–Crippen LogP) is 5.04. The highest BCUT2D eigenvalue weighted by molar-refractivity contribution is 6.35. The zero-order chi connectivity index (χ0) is 13.4. The molecule has 2 aromatic carbocycles. The van der Waals surface area contributed by atoms with Gasteiger partial charge < -0.3 is 4.57 Å². The number of para-hydroxylation sites is 2. The first-order valence-electron chi connectivity index (χ1n) is 5.70. The summed E-state index contributed by atoms with van der Waals surface area (Å²) in [7, 11) is 0. The number of benzene rings is 2. The number of fused-ring (bicyclic) bond motifs is 1. The van der Waals surface area contributed by atoms with Crippen molar-refractivity contribution in [2.75, 3.05) is 0 Å². The molecule has 0 unspecified atom stereocenters. The van der Waals surface area contributed by atoms with Crippen molar-refractivity contribution < 1.29 is 0 Å². The maximum Gasteiger partial charge on any atom is 0.204 e. The quantitative estimate of drug-likeness (QED) is 0.648. The zero-order valence-electron chi connectivity index (χ0n) is 9.78. The largest absolute Gasteiger partial charge is 0.310 e. The van der Waals surface area contributed by atoms with Gasteiger partial charge in [0.25, 0.3) is 0 Å². The van der Waals surface area contributed by atoms with Crippen LogP contribution in [0.4, 0.5) is 0 Å². The molecule has 0 fully saturated rings. The molecular formula is C14H9Cl3N2. The van der Waals surface area contributed by atoms with Crippen molar-refractivity contribution in [2.45, 2.75) is 6.54 Å². The molecule has 0 saturated carbocycles. The van der Waals surface area contributed by atoms with E-state index in [2.05, 4.69) is 4.98 Å². The smallest absolute Gasteiger partial charge is 0.204 e. The lowest BCUT2D eigenvalue weighted by atomic mass is 10.2. The summed E-state index contributed by atoms with van der Waals surface area (Å²) in [4.78, 5) is 4.32. The number of halogens is 3. The van der Waals surface area contributed by atoms with Crippen LogP contribution in [0.3, 0.4) is 0 Å². The van der Waals surface area contributed by atoms with Gasteiger partial charge in [0.05, 0.1) is 17.6 Å². The summed E-state index contributed by atoms with van der Waals surface area (Å²) in [6, 6.07) is 13.3. The van der Waals surface area contributed by atoms with E-state index in [1.165, 1.54) is 0 Å². The van der Waals surface area contributed by atoms with Gasteiger partial charge in [-0.25, -0.2) is 4.98 Å². The summed E-state index contributed by atoms with van der Waals surface area (Å²) in [5.74, 6) is 0. The van der Waals surface area contributed by atoms with Gasteiger partial charge in [-0.3, -0.25) is 0 Å². The highest BCUT2D eigenvalue weighted by atomic mass is 35.5. The Hall–Kier alpha value is -1.22. The fourth-order valence-electron chi connectivity index (χ4n) is 2.02. The molecule has 0 amide bonds. The summed E-state index contributed by atoms with van der Waals surface area (Å²) < 4.78 is 1.92. The van der Waals surface area contributed by atoms with E-state index in [0.29, 0.717) is 21.9 Å². The summed E-state index contributed by atoms with van der Waals surface area (Å²) in [6.07, 6.45) is 0. The first-order chi connectivity index (χ1) is 9.15. The van der Waals surface area contributed by atoms with Crippen molar-refractivity contribution >= 4 is 45.8 Å². The van der Waals surface area contributed by atoms with Crippen LogP contribution in [0.2, 0.25) is 15.3 Å². The predicted molar refractivity (Wildman–Crippen MR) is 80.3 cm³/mol. The minimum Gasteiger partial charge on any atom is -0.310 e. The van der Waals surface area contributed by atoms with E-state index in [9.17, 15) is 0 Å². The molecule has 0 aliphatic rings. The molecule has 0 bridgehead atoms. The maximum atomic E-state index is 6.19. The van der Waals surface area contributed by atoms with Gasteiger partial charge in [-0.2, -0.15) is 0 Å². The summed E-state index contributed by atoms with van der Waals surface area (Å²) in [6.45, 7) is 0.565. The zero-order valence-corrected chi connectivity index (χ0v) is 12.0. The SMILES string of the molecule is Clc1ccc(Cn2c(Cl)nc3ccccc32)c(Cl)c1. The average Bonchev–Trinajstić information content (AvgIpc) is 2.69. The Morgan fingerprint density at radius 3 is 2.58 bits per heavy atom. The summed E-state index contributed by atoms with van der Waals surface area (Å²) in [5, 5.41) is 1.70. The van der Waals surface area contributed by atoms with Crippen LogP contribution in [-0.4, -0.2) is 9.55 Å². The minimum atomic E-state index is 0.451. The molecule has 0 spiro atoms. The number of hydrogen-bond donors (Lipinski definition) is 0.